The first-order valence-corrected chi connectivity index (χ1v) is 8.69. The highest BCUT2D eigenvalue weighted by molar-refractivity contribution is 7.16. The molecule has 0 saturated heterocycles. The lowest BCUT2D eigenvalue weighted by molar-refractivity contribution is -0.120. The van der Waals surface area contributed by atoms with Crippen molar-refractivity contribution in [3.63, 3.8) is 0 Å². The number of amides is 1. The van der Waals surface area contributed by atoms with E-state index in [-0.39, 0.29) is 12.5 Å². The average Bonchev–Trinajstić information content (AvgIpc) is 2.91. The van der Waals surface area contributed by atoms with E-state index in [0.29, 0.717) is 17.1 Å². The summed E-state index contributed by atoms with van der Waals surface area (Å²) in [5.41, 5.74) is 3.28. The summed E-state index contributed by atoms with van der Waals surface area (Å²) in [6.07, 6.45) is 5.47. The maximum atomic E-state index is 12.2. The van der Waals surface area contributed by atoms with Gasteiger partial charge in [-0.2, -0.15) is 4.99 Å². The Labute approximate surface area is 150 Å². The molecule has 3 rings (SSSR count). The number of fused-ring (bicyclic) bond motifs is 1. The number of carbonyl (C=O) groups excluding carboxylic acids is 1. The van der Waals surface area contributed by atoms with E-state index in [4.69, 9.17) is 11.2 Å². The van der Waals surface area contributed by atoms with Gasteiger partial charge in [0.1, 0.15) is 5.75 Å². The second kappa shape index (κ2) is 7.37. The smallest absolute Gasteiger partial charge is 0.286 e. The Bertz CT molecular complexity index is 1020. The summed E-state index contributed by atoms with van der Waals surface area (Å²) < 4.78 is 8.43. The van der Waals surface area contributed by atoms with Crippen LogP contribution in [0, 0.1) is 26.2 Å². The van der Waals surface area contributed by atoms with Crippen molar-refractivity contribution in [2.24, 2.45) is 4.99 Å². The molecule has 3 aromatic rings. The largest absolute Gasteiger partial charge is 0.484 e. The molecule has 1 heterocycles. The quantitative estimate of drug-likeness (QED) is 0.677. The van der Waals surface area contributed by atoms with E-state index in [1.807, 2.05) is 54.8 Å². The molecule has 0 bridgehead atoms. The number of rotatable bonds is 4. The summed E-state index contributed by atoms with van der Waals surface area (Å²) in [7, 11) is 0. The van der Waals surface area contributed by atoms with Crippen molar-refractivity contribution in [3.05, 3.63) is 58.4 Å². The minimum atomic E-state index is -0.338. The number of terminal acetylenes is 1. The van der Waals surface area contributed by atoms with Crippen LogP contribution < -0.4 is 9.54 Å². The van der Waals surface area contributed by atoms with Crippen LogP contribution in [0.5, 0.6) is 5.75 Å². The van der Waals surface area contributed by atoms with Crippen molar-refractivity contribution in [1.29, 1.82) is 0 Å². The van der Waals surface area contributed by atoms with Gasteiger partial charge in [0.15, 0.2) is 11.4 Å². The zero-order valence-electron chi connectivity index (χ0n) is 14.2. The third kappa shape index (κ3) is 3.98. The van der Waals surface area contributed by atoms with Gasteiger partial charge in [-0.1, -0.05) is 41.0 Å². The topological polar surface area (TPSA) is 43.6 Å². The first-order valence-electron chi connectivity index (χ1n) is 7.87. The molecule has 0 unspecified atom stereocenters. The molecule has 5 heteroatoms. The average molecular weight is 350 g/mol. The maximum Gasteiger partial charge on any atom is 0.286 e. The Morgan fingerprint density at radius 1 is 1.20 bits per heavy atom. The number of hydrogen-bond donors (Lipinski definition) is 0. The van der Waals surface area contributed by atoms with Crippen LogP contribution in [0.4, 0.5) is 0 Å². The fourth-order valence-electron chi connectivity index (χ4n) is 2.43. The SMILES string of the molecule is C#CCn1c(=NC(=O)COc2ccc(C)cc2)sc2cc(C)ccc21. The standard InChI is InChI=1S/C20H18N2O2S/c1-4-11-22-17-10-7-15(3)12-18(17)25-20(22)21-19(23)13-24-16-8-5-14(2)6-9-16/h1,5-10,12H,11,13H2,2-3H3. The molecule has 1 aromatic heterocycles. The third-order valence-corrected chi connectivity index (χ3v) is 4.73. The molecule has 25 heavy (non-hydrogen) atoms. The monoisotopic (exact) mass is 350 g/mol. The zero-order chi connectivity index (χ0) is 17.8. The molecular weight excluding hydrogens is 332 g/mol. The highest BCUT2D eigenvalue weighted by Gasteiger charge is 2.08. The number of aryl methyl sites for hydroxylation is 2. The van der Waals surface area contributed by atoms with E-state index < -0.39 is 0 Å². The van der Waals surface area contributed by atoms with E-state index in [2.05, 4.69) is 17.0 Å². The van der Waals surface area contributed by atoms with Crippen molar-refractivity contribution in [2.75, 3.05) is 6.61 Å². The fraction of sp³-hybridized carbons (Fsp3) is 0.200. The van der Waals surface area contributed by atoms with Crippen molar-refractivity contribution in [1.82, 2.24) is 4.57 Å². The lowest BCUT2D eigenvalue weighted by Crippen LogP contribution is -2.19. The normalized spacial score (nSPS) is 11.5. The highest BCUT2D eigenvalue weighted by atomic mass is 32.1. The highest BCUT2D eigenvalue weighted by Crippen LogP contribution is 2.19. The van der Waals surface area contributed by atoms with E-state index in [0.717, 1.165) is 21.3 Å². The van der Waals surface area contributed by atoms with Crippen LogP contribution in [-0.2, 0) is 11.3 Å². The first-order chi connectivity index (χ1) is 12.1. The molecule has 0 aliphatic rings. The van der Waals surface area contributed by atoms with Gasteiger partial charge >= 0.3 is 0 Å². The van der Waals surface area contributed by atoms with Gasteiger partial charge < -0.3 is 9.30 Å². The molecule has 0 radical (unpaired) electrons. The van der Waals surface area contributed by atoms with E-state index >= 15 is 0 Å². The van der Waals surface area contributed by atoms with Gasteiger partial charge in [-0.25, -0.2) is 0 Å². The molecule has 0 fully saturated rings. The number of benzene rings is 2. The van der Waals surface area contributed by atoms with Crippen molar-refractivity contribution in [3.8, 4) is 18.1 Å². The summed E-state index contributed by atoms with van der Waals surface area (Å²) in [6, 6.07) is 13.6. The molecule has 0 N–H and O–H groups in total. The van der Waals surface area contributed by atoms with Gasteiger partial charge in [-0.3, -0.25) is 4.79 Å². The molecule has 0 spiro atoms. The summed E-state index contributed by atoms with van der Waals surface area (Å²) in [5.74, 6) is 2.93. The van der Waals surface area contributed by atoms with Gasteiger partial charge in [0.2, 0.25) is 0 Å². The van der Waals surface area contributed by atoms with Crippen LogP contribution in [0.2, 0.25) is 0 Å². The summed E-state index contributed by atoms with van der Waals surface area (Å²) in [5, 5.41) is 0. The molecule has 0 aliphatic carbocycles. The number of ether oxygens (including phenoxy) is 1. The first kappa shape index (κ1) is 17.0. The molecule has 4 nitrogen and oxygen atoms in total. The second-order valence-electron chi connectivity index (χ2n) is 5.75. The maximum absolute atomic E-state index is 12.2. The number of carbonyl (C=O) groups is 1. The van der Waals surface area contributed by atoms with Gasteiger partial charge in [0, 0.05) is 0 Å². The Balaban J connectivity index is 1.86. The van der Waals surface area contributed by atoms with Crippen LogP contribution in [0.25, 0.3) is 10.2 Å². The summed E-state index contributed by atoms with van der Waals surface area (Å²) >= 11 is 1.45. The Hall–Kier alpha value is -2.84. The second-order valence-corrected chi connectivity index (χ2v) is 6.76. The van der Waals surface area contributed by atoms with Gasteiger partial charge in [0.05, 0.1) is 16.8 Å². The molecule has 126 valence electrons. The number of aromatic nitrogens is 1. The zero-order valence-corrected chi connectivity index (χ0v) is 15.0. The number of nitrogens with zero attached hydrogens (tertiary/aromatic N) is 2. The van der Waals surface area contributed by atoms with Crippen LogP contribution in [0.1, 0.15) is 11.1 Å². The van der Waals surface area contributed by atoms with E-state index in [1.165, 1.54) is 11.3 Å². The van der Waals surface area contributed by atoms with E-state index in [1.54, 1.807) is 0 Å². The fourth-order valence-corrected chi connectivity index (χ4v) is 3.57. The molecule has 0 saturated carbocycles. The molecule has 2 aromatic carbocycles. The van der Waals surface area contributed by atoms with Crippen LogP contribution in [0.3, 0.4) is 0 Å². The van der Waals surface area contributed by atoms with Crippen LogP contribution >= 0.6 is 11.3 Å². The molecule has 1 amide bonds. The summed E-state index contributed by atoms with van der Waals surface area (Å²) in [4.78, 5) is 17.0. The third-order valence-electron chi connectivity index (χ3n) is 3.69. The molecule has 0 atom stereocenters. The number of hydrogen-bond acceptors (Lipinski definition) is 3. The van der Waals surface area contributed by atoms with Crippen molar-refractivity contribution in [2.45, 2.75) is 20.4 Å². The lowest BCUT2D eigenvalue weighted by atomic mass is 10.2. The minimum Gasteiger partial charge on any atom is -0.484 e. The number of thiazole rings is 1. The predicted molar refractivity (Wildman–Crippen MR) is 101 cm³/mol. The van der Waals surface area contributed by atoms with Crippen molar-refractivity contribution < 1.29 is 9.53 Å². The Morgan fingerprint density at radius 3 is 2.64 bits per heavy atom. The molecular formula is C20H18N2O2S. The van der Waals surface area contributed by atoms with Gasteiger partial charge in [-0.05, 0) is 43.7 Å². The summed E-state index contributed by atoms with van der Waals surface area (Å²) in [6.45, 7) is 4.29. The Kier molecular flexibility index (Phi) is 5.01. The van der Waals surface area contributed by atoms with E-state index in [9.17, 15) is 4.79 Å². The predicted octanol–water partition coefficient (Wildman–Crippen LogP) is 3.46. The van der Waals surface area contributed by atoms with Crippen molar-refractivity contribution >= 4 is 27.5 Å². The van der Waals surface area contributed by atoms with Crippen LogP contribution in [0.15, 0.2) is 47.5 Å². The molecule has 0 aliphatic heterocycles. The lowest BCUT2D eigenvalue weighted by Gasteiger charge is -2.03. The Morgan fingerprint density at radius 2 is 1.92 bits per heavy atom. The van der Waals surface area contributed by atoms with Gasteiger partial charge in [-0.15, -0.1) is 6.42 Å². The minimum absolute atomic E-state index is 0.105. The van der Waals surface area contributed by atoms with Crippen LogP contribution in [-0.4, -0.2) is 17.1 Å². The van der Waals surface area contributed by atoms with Gasteiger partial charge in [0.25, 0.3) is 5.91 Å².